The summed E-state index contributed by atoms with van der Waals surface area (Å²) in [4.78, 5) is 9.32. The summed E-state index contributed by atoms with van der Waals surface area (Å²) in [6.07, 6.45) is 3.89. The van der Waals surface area contributed by atoms with Crippen LogP contribution in [0.25, 0.3) is 0 Å². The highest BCUT2D eigenvalue weighted by molar-refractivity contribution is 14.0. The van der Waals surface area contributed by atoms with Crippen LogP contribution in [0, 0.1) is 0 Å². The molecule has 2 aliphatic rings. The number of aryl methyl sites for hydroxylation is 1. The fraction of sp³-hybridized carbons (Fsp3) is 0.565. The van der Waals surface area contributed by atoms with Gasteiger partial charge in [0.15, 0.2) is 5.96 Å². The van der Waals surface area contributed by atoms with Gasteiger partial charge in [-0.15, -0.1) is 24.0 Å². The van der Waals surface area contributed by atoms with Gasteiger partial charge >= 0.3 is 0 Å². The van der Waals surface area contributed by atoms with Crippen molar-refractivity contribution in [2.45, 2.75) is 12.1 Å². The molecule has 0 radical (unpaired) electrons. The zero-order valence-electron chi connectivity index (χ0n) is 19.6. The molecular weight excluding hydrogens is 535 g/mol. The Kier molecular flexibility index (Phi) is 9.78. The summed E-state index contributed by atoms with van der Waals surface area (Å²) in [5.41, 5.74) is 2.35. The molecule has 33 heavy (non-hydrogen) atoms. The number of hydrogen-bond acceptors (Lipinski definition) is 6. The van der Waals surface area contributed by atoms with Gasteiger partial charge in [0.1, 0.15) is 11.9 Å². The standard InChI is InChI=1S/C23H34N6O3.HI/c1-24-23(29-10-13-32-22(17-29)19-14-26-27(2)16-19)25-15-21(28-8-11-31-12-9-28)18-4-6-20(30-3)7-5-18;/h4-7,14,16,21-22H,8-13,15,17H2,1-3H3,(H,24,25);1H. The monoisotopic (exact) mass is 570 g/mol. The van der Waals surface area contributed by atoms with Gasteiger partial charge in [-0.25, -0.2) is 0 Å². The van der Waals surface area contributed by atoms with Crippen molar-refractivity contribution in [3.05, 3.63) is 47.8 Å². The number of aliphatic imine (C=N–C) groups is 1. The van der Waals surface area contributed by atoms with E-state index in [1.165, 1.54) is 5.56 Å². The van der Waals surface area contributed by atoms with Crippen molar-refractivity contribution in [1.82, 2.24) is 24.9 Å². The van der Waals surface area contributed by atoms with Crippen LogP contribution in [0.2, 0.25) is 0 Å². The van der Waals surface area contributed by atoms with Gasteiger partial charge in [0, 0.05) is 52.0 Å². The first-order valence-electron chi connectivity index (χ1n) is 11.2. The number of aromatic nitrogens is 2. The van der Waals surface area contributed by atoms with Gasteiger partial charge in [0.05, 0.1) is 45.7 Å². The summed E-state index contributed by atoms with van der Waals surface area (Å²) in [5.74, 6) is 1.77. The second kappa shape index (κ2) is 12.5. The summed E-state index contributed by atoms with van der Waals surface area (Å²) in [6.45, 7) is 6.32. The molecule has 4 rings (SSSR count). The molecule has 0 bridgehead atoms. The van der Waals surface area contributed by atoms with Crippen molar-refractivity contribution in [3.8, 4) is 5.75 Å². The first-order valence-corrected chi connectivity index (χ1v) is 11.2. The third-order valence-corrected chi connectivity index (χ3v) is 6.11. The molecule has 2 unspecified atom stereocenters. The van der Waals surface area contributed by atoms with Gasteiger partial charge in [-0.05, 0) is 17.7 Å². The maximum Gasteiger partial charge on any atom is 0.193 e. The Morgan fingerprint density at radius 1 is 1.21 bits per heavy atom. The number of nitrogens with one attached hydrogen (secondary N) is 1. The minimum absolute atomic E-state index is 0. The number of morpholine rings is 2. The number of guanidine groups is 1. The van der Waals surface area contributed by atoms with Crippen LogP contribution in [0.1, 0.15) is 23.3 Å². The average molecular weight is 570 g/mol. The highest BCUT2D eigenvalue weighted by Gasteiger charge is 2.27. The van der Waals surface area contributed by atoms with Crippen molar-refractivity contribution >= 4 is 29.9 Å². The number of halogens is 1. The van der Waals surface area contributed by atoms with Gasteiger partial charge in [-0.2, -0.15) is 5.10 Å². The van der Waals surface area contributed by atoms with Gasteiger partial charge < -0.3 is 24.4 Å². The zero-order chi connectivity index (χ0) is 22.3. The first kappa shape index (κ1) is 25.7. The molecule has 9 nitrogen and oxygen atoms in total. The van der Waals surface area contributed by atoms with Gasteiger partial charge in [0.2, 0.25) is 0 Å². The highest BCUT2D eigenvalue weighted by Crippen LogP contribution is 2.25. The van der Waals surface area contributed by atoms with Crippen molar-refractivity contribution in [1.29, 1.82) is 0 Å². The van der Waals surface area contributed by atoms with Crippen LogP contribution in [0.5, 0.6) is 5.75 Å². The van der Waals surface area contributed by atoms with E-state index in [-0.39, 0.29) is 36.1 Å². The molecule has 182 valence electrons. The normalized spacial score (nSPS) is 20.8. The van der Waals surface area contributed by atoms with Crippen molar-refractivity contribution in [3.63, 3.8) is 0 Å². The van der Waals surface area contributed by atoms with Crippen molar-refractivity contribution < 1.29 is 14.2 Å². The molecule has 1 N–H and O–H groups in total. The van der Waals surface area contributed by atoms with Crippen LogP contribution in [0.4, 0.5) is 0 Å². The lowest BCUT2D eigenvalue weighted by Gasteiger charge is -2.38. The molecule has 0 saturated carbocycles. The SMILES string of the molecule is CN=C(NCC(c1ccc(OC)cc1)N1CCOCC1)N1CCOC(c2cnn(C)c2)C1.I. The molecule has 0 amide bonds. The fourth-order valence-corrected chi connectivity index (χ4v) is 4.34. The van der Waals surface area contributed by atoms with Gasteiger partial charge in [-0.1, -0.05) is 12.1 Å². The maximum atomic E-state index is 6.00. The van der Waals surface area contributed by atoms with E-state index >= 15 is 0 Å². The van der Waals surface area contributed by atoms with Crippen molar-refractivity contribution in [2.75, 3.05) is 66.7 Å². The molecule has 2 fully saturated rings. The number of rotatable bonds is 6. The number of hydrogen-bond donors (Lipinski definition) is 1. The summed E-state index contributed by atoms with van der Waals surface area (Å²) in [5, 5.41) is 7.91. The molecule has 3 heterocycles. The second-order valence-corrected chi connectivity index (χ2v) is 8.12. The molecule has 1 aromatic heterocycles. The molecule has 2 aliphatic heterocycles. The number of methoxy groups -OCH3 is 1. The zero-order valence-corrected chi connectivity index (χ0v) is 22.0. The van der Waals surface area contributed by atoms with E-state index in [4.69, 9.17) is 14.2 Å². The van der Waals surface area contributed by atoms with Crippen molar-refractivity contribution in [2.24, 2.45) is 12.0 Å². The topological polar surface area (TPSA) is 76.4 Å². The minimum Gasteiger partial charge on any atom is -0.497 e. The Morgan fingerprint density at radius 2 is 1.97 bits per heavy atom. The molecule has 0 spiro atoms. The predicted molar refractivity (Wildman–Crippen MR) is 138 cm³/mol. The summed E-state index contributed by atoms with van der Waals surface area (Å²) >= 11 is 0. The van der Waals surface area contributed by atoms with E-state index in [0.29, 0.717) is 6.61 Å². The van der Waals surface area contributed by atoms with Crippen LogP contribution < -0.4 is 10.1 Å². The molecule has 1 aromatic carbocycles. The lowest BCUT2D eigenvalue weighted by Crippen LogP contribution is -2.50. The third-order valence-electron chi connectivity index (χ3n) is 6.11. The van der Waals surface area contributed by atoms with Crippen LogP contribution in [0.15, 0.2) is 41.7 Å². The molecule has 10 heteroatoms. The van der Waals surface area contributed by atoms with E-state index in [9.17, 15) is 0 Å². The molecular formula is C23H35IN6O3. The molecule has 2 saturated heterocycles. The molecule has 2 atom stereocenters. The first-order chi connectivity index (χ1) is 15.7. The quantitative estimate of drug-likeness (QED) is 0.324. The summed E-state index contributed by atoms with van der Waals surface area (Å²) < 4.78 is 18.7. The second-order valence-electron chi connectivity index (χ2n) is 8.12. The fourth-order valence-electron chi connectivity index (χ4n) is 4.34. The summed E-state index contributed by atoms with van der Waals surface area (Å²) in [7, 11) is 5.46. The van der Waals surface area contributed by atoms with E-state index in [1.54, 1.807) is 7.11 Å². The summed E-state index contributed by atoms with van der Waals surface area (Å²) in [6, 6.07) is 8.57. The smallest absolute Gasteiger partial charge is 0.193 e. The van der Waals surface area contributed by atoms with Gasteiger partial charge in [0.25, 0.3) is 0 Å². The maximum absolute atomic E-state index is 6.00. The predicted octanol–water partition coefficient (Wildman–Crippen LogP) is 2.07. The number of benzene rings is 1. The van der Waals surface area contributed by atoms with Gasteiger partial charge in [-0.3, -0.25) is 14.6 Å². The Bertz CT molecular complexity index is 885. The Labute approximate surface area is 213 Å². The lowest BCUT2D eigenvalue weighted by atomic mass is 10.0. The van der Waals surface area contributed by atoms with Crippen LogP contribution in [-0.4, -0.2) is 92.2 Å². The largest absolute Gasteiger partial charge is 0.497 e. The molecule has 0 aliphatic carbocycles. The lowest BCUT2D eigenvalue weighted by molar-refractivity contribution is -0.00853. The van der Waals surface area contributed by atoms with Crippen LogP contribution >= 0.6 is 24.0 Å². The van der Waals surface area contributed by atoms with Crippen LogP contribution in [-0.2, 0) is 16.5 Å². The van der Waals surface area contributed by atoms with E-state index in [1.807, 2.05) is 43.3 Å². The number of ether oxygens (including phenoxy) is 3. The Balaban J connectivity index is 0.00000306. The number of nitrogens with zero attached hydrogens (tertiary/aromatic N) is 5. The van der Waals surface area contributed by atoms with E-state index < -0.39 is 0 Å². The minimum atomic E-state index is -0.00683. The highest BCUT2D eigenvalue weighted by atomic mass is 127. The average Bonchev–Trinajstić information content (AvgIpc) is 3.29. The third kappa shape index (κ3) is 6.58. The van der Waals surface area contributed by atoms with E-state index in [2.05, 4.69) is 37.3 Å². The van der Waals surface area contributed by atoms with Crippen LogP contribution in [0.3, 0.4) is 0 Å². The van der Waals surface area contributed by atoms with E-state index in [0.717, 1.165) is 63.2 Å². The Hall–Kier alpha value is -1.89. The molecule has 2 aromatic rings. The Morgan fingerprint density at radius 3 is 2.61 bits per heavy atom.